The van der Waals surface area contributed by atoms with E-state index in [2.05, 4.69) is 41.6 Å². The van der Waals surface area contributed by atoms with E-state index >= 15 is 0 Å². The Labute approximate surface area is 130 Å². The van der Waals surface area contributed by atoms with Gasteiger partial charge in [0.1, 0.15) is 5.76 Å². The summed E-state index contributed by atoms with van der Waals surface area (Å²) in [5.74, 6) is 0.957. The summed E-state index contributed by atoms with van der Waals surface area (Å²) in [6.07, 6.45) is 5.42. The maximum absolute atomic E-state index is 5.38. The molecule has 4 nitrogen and oxygen atoms in total. The standard InChI is InChI=1S/C16H17N3O.ClH/c1-13(16-4-2-11-20-16)17-12-14-5-7-15(8-6-14)19-10-3-9-18-19;/h2-11,13,17H,12H2,1H3;1H. The molecule has 0 aliphatic carbocycles. The van der Waals surface area contributed by atoms with E-state index in [1.807, 2.05) is 29.1 Å². The highest BCUT2D eigenvalue weighted by Gasteiger charge is 2.07. The second-order valence-electron chi connectivity index (χ2n) is 4.74. The minimum atomic E-state index is 0. The second kappa shape index (κ2) is 7.11. The van der Waals surface area contributed by atoms with Crippen LogP contribution in [0.5, 0.6) is 0 Å². The van der Waals surface area contributed by atoms with Crippen LogP contribution in [0.25, 0.3) is 5.69 Å². The van der Waals surface area contributed by atoms with Crippen molar-refractivity contribution in [1.29, 1.82) is 0 Å². The van der Waals surface area contributed by atoms with Crippen LogP contribution < -0.4 is 5.32 Å². The molecule has 0 bridgehead atoms. The summed E-state index contributed by atoms with van der Waals surface area (Å²) in [4.78, 5) is 0. The largest absolute Gasteiger partial charge is 0.468 e. The Kier molecular flexibility index (Phi) is 5.20. The predicted octanol–water partition coefficient (Wildman–Crippen LogP) is 3.74. The fourth-order valence-corrected chi connectivity index (χ4v) is 2.10. The molecule has 0 amide bonds. The van der Waals surface area contributed by atoms with E-state index in [-0.39, 0.29) is 18.4 Å². The number of rotatable bonds is 5. The van der Waals surface area contributed by atoms with Gasteiger partial charge in [0.25, 0.3) is 0 Å². The number of aromatic nitrogens is 2. The van der Waals surface area contributed by atoms with Gasteiger partial charge in [-0.25, -0.2) is 4.68 Å². The topological polar surface area (TPSA) is 43.0 Å². The third-order valence-electron chi connectivity index (χ3n) is 3.29. The average molecular weight is 304 g/mol. The van der Waals surface area contributed by atoms with Crippen molar-refractivity contribution in [2.24, 2.45) is 0 Å². The minimum Gasteiger partial charge on any atom is -0.468 e. The fourth-order valence-electron chi connectivity index (χ4n) is 2.10. The second-order valence-corrected chi connectivity index (χ2v) is 4.74. The van der Waals surface area contributed by atoms with Crippen molar-refractivity contribution in [2.45, 2.75) is 19.5 Å². The third kappa shape index (κ3) is 3.74. The molecule has 0 spiro atoms. The number of hydrogen-bond acceptors (Lipinski definition) is 3. The maximum Gasteiger partial charge on any atom is 0.120 e. The summed E-state index contributed by atoms with van der Waals surface area (Å²) in [5, 5.41) is 7.65. The van der Waals surface area contributed by atoms with Crippen LogP contribution in [0.4, 0.5) is 0 Å². The molecule has 2 aromatic heterocycles. The Morgan fingerprint density at radius 2 is 2.00 bits per heavy atom. The lowest BCUT2D eigenvalue weighted by atomic mass is 10.2. The minimum absolute atomic E-state index is 0. The molecule has 3 rings (SSSR count). The Balaban J connectivity index is 0.00000161. The molecule has 1 unspecified atom stereocenters. The van der Waals surface area contributed by atoms with Crippen LogP contribution in [0.1, 0.15) is 24.3 Å². The van der Waals surface area contributed by atoms with Crippen LogP contribution >= 0.6 is 12.4 Å². The predicted molar refractivity (Wildman–Crippen MR) is 84.8 cm³/mol. The molecule has 5 heteroatoms. The Hall–Kier alpha value is -2.04. The molecule has 0 aliphatic rings. The Bertz CT molecular complexity index is 633. The molecule has 0 fully saturated rings. The van der Waals surface area contributed by atoms with Gasteiger partial charge in [-0.2, -0.15) is 5.10 Å². The van der Waals surface area contributed by atoms with E-state index in [1.54, 1.807) is 12.5 Å². The summed E-state index contributed by atoms with van der Waals surface area (Å²) in [6.45, 7) is 2.90. The number of furan rings is 1. The van der Waals surface area contributed by atoms with Gasteiger partial charge in [-0.15, -0.1) is 12.4 Å². The van der Waals surface area contributed by atoms with Crippen molar-refractivity contribution in [2.75, 3.05) is 0 Å². The molecular weight excluding hydrogens is 286 g/mol. The van der Waals surface area contributed by atoms with E-state index < -0.39 is 0 Å². The zero-order chi connectivity index (χ0) is 13.8. The van der Waals surface area contributed by atoms with Gasteiger partial charge >= 0.3 is 0 Å². The van der Waals surface area contributed by atoms with Gasteiger partial charge in [-0.05, 0) is 42.8 Å². The quantitative estimate of drug-likeness (QED) is 0.781. The molecule has 0 radical (unpaired) electrons. The molecule has 0 saturated carbocycles. The van der Waals surface area contributed by atoms with Gasteiger partial charge in [0.05, 0.1) is 18.0 Å². The molecule has 21 heavy (non-hydrogen) atoms. The van der Waals surface area contributed by atoms with E-state index in [9.17, 15) is 0 Å². The SMILES string of the molecule is CC(NCc1ccc(-n2cccn2)cc1)c1ccco1.Cl. The zero-order valence-electron chi connectivity index (χ0n) is 11.8. The summed E-state index contributed by atoms with van der Waals surface area (Å²) in [5.41, 5.74) is 2.30. The van der Waals surface area contributed by atoms with Gasteiger partial charge in [-0.1, -0.05) is 12.1 Å². The van der Waals surface area contributed by atoms with Crippen molar-refractivity contribution in [3.05, 3.63) is 72.4 Å². The number of hydrogen-bond donors (Lipinski definition) is 1. The first-order valence-electron chi connectivity index (χ1n) is 6.69. The van der Waals surface area contributed by atoms with Crippen LogP contribution in [0, 0.1) is 0 Å². The van der Waals surface area contributed by atoms with Crippen molar-refractivity contribution >= 4 is 12.4 Å². The molecule has 3 aromatic rings. The van der Waals surface area contributed by atoms with E-state index in [1.165, 1.54) is 5.56 Å². The fraction of sp³-hybridized carbons (Fsp3) is 0.188. The lowest BCUT2D eigenvalue weighted by Crippen LogP contribution is -2.17. The van der Waals surface area contributed by atoms with Gasteiger partial charge in [0.15, 0.2) is 0 Å². The number of halogens is 1. The Morgan fingerprint density at radius 3 is 2.62 bits per heavy atom. The highest BCUT2D eigenvalue weighted by atomic mass is 35.5. The summed E-state index contributed by atoms with van der Waals surface area (Å²) in [6, 6.07) is 14.4. The number of nitrogens with one attached hydrogen (secondary N) is 1. The van der Waals surface area contributed by atoms with Crippen molar-refractivity contribution in [3.8, 4) is 5.69 Å². The molecule has 2 heterocycles. The van der Waals surface area contributed by atoms with E-state index in [0.29, 0.717) is 0 Å². The normalized spacial score (nSPS) is 11.9. The van der Waals surface area contributed by atoms with Crippen molar-refractivity contribution in [3.63, 3.8) is 0 Å². The monoisotopic (exact) mass is 303 g/mol. The van der Waals surface area contributed by atoms with Gasteiger partial charge in [0, 0.05) is 18.9 Å². The smallest absolute Gasteiger partial charge is 0.120 e. The molecular formula is C16H18ClN3O. The Morgan fingerprint density at radius 1 is 1.19 bits per heavy atom. The lowest BCUT2D eigenvalue weighted by Gasteiger charge is -2.11. The highest BCUT2D eigenvalue weighted by Crippen LogP contribution is 2.14. The maximum atomic E-state index is 5.38. The number of benzene rings is 1. The zero-order valence-corrected chi connectivity index (χ0v) is 12.6. The first kappa shape index (κ1) is 15.4. The van der Waals surface area contributed by atoms with Crippen molar-refractivity contribution in [1.82, 2.24) is 15.1 Å². The van der Waals surface area contributed by atoms with Crippen LogP contribution in [-0.2, 0) is 6.54 Å². The van der Waals surface area contributed by atoms with E-state index in [0.717, 1.165) is 18.0 Å². The van der Waals surface area contributed by atoms with Gasteiger partial charge < -0.3 is 9.73 Å². The molecule has 1 N–H and O–H groups in total. The number of nitrogens with zero attached hydrogens (tertiary/aromatic N) is 2. The van der Waals surface area contributed by atoms with Crippen LogP contribution in [0.15, 0.2) is 65.5 Å². The summed E-state index contributed by atoms with van der Waals surface area (Å²) >= 11 is 0. The molecule has 0 aliphatic heterocycles. The summed E-state index contributed by atoms with van der Waals surface area (Å²) < 4.78 is 7.23. The average Bonchev–Trinajstić information content (AvgIpc) is 3.18. The molecule has 110 valence electrons. The lowest BCUT2D eigenvalue weighted by molar-refractivity contribution is 0.430. The van der Waals surface area contributed by atoms with E-state index in [4.69, 9.17) is 4.42 Å². The van der Waals surface area contributed by atoms with Crippen LogP contribution in [0.3, 0.4) is 0 Å². The molecule has 1 atom stereocenters. The van der Waals surface area contributed by atoms with Crippen LogP contribution in [-0.4, -0.2) is 9.78 Å². The van der Waals surface area contributed by atoms with Gasteiger partial charge in [0.2, 0.25) is 0 Å². The first-order valence-corrected chi connectivity index (χ1v) is 6.69. The summed E-state index contributed by atoms with van der Waals surface area (Å²) in [7, 11) is 0. The molecule has 1 aromatic carbocycles. The van der Waals surface area contributed by atoms with Crippen LogP contribution in [0.2, 0.25) is 0 Å². The molecule has 0 saturated heterocycles. The first-order chi connectivity index (χ1) is 9.83. The van der Waals surface area contributed by atoms with Gasteiger partial charge in [-0.3, -0.25) is 0 Å². The van der Waals surface area contributed by atoms with Crippen molar-refractivity contribution < 1.29 is 4.42 Å². The third-order valence-corrected chi connectivity index (χ3v) is 3.29. The highest BCUT2D eigenvalue weighted by molar-refractivity contribution is 5.85.